The first-order valence-corrected chi connectivity index (χ1v) is 15.3. The van der Waals surface area contributed by atoms with Gasteiger partial charge in [-0.25, -0.2) is 26.4 Å². The maximum Gasteiger partial charge on any atom is 0.407 e. The number of nitrogens with one attached hydrogen (secondary N) is 2. The minimum atomic E-state index is -3.64. The Labute approximate surface area is 227 Å². The van der Waals surface area contributed by atoms with E-state index in [1.54, 1.807) is 12.1 Å². The number of amides is 1. The quantitative estimate of drug-likeness (QED) is 0.356. The highest BCUT2D eigenvalue weighted by Gasteiger charge is 2.45. The standard InChI is InChI=1S/C24H32N4O9S2/c1-25-38(31,32)21-5-2-4-20(12-21)35-16-19(29)17-36-23(30)27-18-13-24(37-15-18)7-10-28(11-8-24)39(33,34)22-6-3-9-26-14-22/h2-6,9,12,14,18-19,25,29H,7-8,10-11,13,15-17H2,1H3,(H,27,30)/t18-,19?/m1/s1. The summed E-state index contributed by atoms with van der Waals surface area (Å²) in [6.07, 6.45) is 2.48. The van der Waals surface area contributed by atoms with E-state index >= 15 is 0 Å². The maximum atomic E-state index is 12.8. The van der Waals surface area contributed by atoms with Crippen molar-refractivity contribution in [3.8, 4) is 5.75 Å². The number of carbonyl (C=O) groups is 1. The lowest BCUT2D eigenvalue weighted by atomic mass is 9.88. The fourth-order valence-electron chi connectivity index (χ4n) is 4.54. The molecule has 39 heavy (non-hydrogen) atoms. The van der Waals surface area contributed by atoms with Gasteiger partial charge in [0.1, 0.15) is 30.0 Å². The predicted octanol–water partition coefficient (Wildman–Crippen LogP) is 0.468. The topological polar surface area (TPSA) is 173 Å². The third kappa shape index (κ3) is 7.23. The molecular formula is C24H32N4O9S2. The van der Waals surface area contributed by atoms with Gasteiger partial charge in [0.05, 0.1) is 23.1 Å². The number of rotatable bonds is 10. The molecule has 214 valence electrons. The molecule has 1 aromatic carbocycles. The van der Waals surface area contributed by atoms with Gasteiger partial charge in [0.25, 0.3) is 0 Å². The minimum Gasteiger partial charge on any atom is -0.491 e. The number of piperidine rings is 1. The highest BCUT2D eigenvalue weighted by molar-refractivity contribution is 7.89. The Hall–Kier alpha value is -2.82. The Balaban J connectivity index is 1.18. The van der Waals surface area contributed by atoms with Gasteiger partial charge in [0, 0.05) is 31.5 Å². The van der Waals surface area contributed by atoms with E-state index in [0.717, 1.165) is 0 Å². The summed E-state index contributed by atoms with van der Waals surface area (Å²) in [5.74, 6) is 0.238. The number of aliphatic hydroxyl groups excluding tert-OH is 1. The molecule has 0 radical (unpaired) electrons. The van der Waals surface area contributed by atoms with E-state index in [9.17, 15) is 26.7 Å². The number of benzene rings is 1. The molecule has 0 bridgehead atoms. The van der Waals surface area contributed by atoms with E-state index in [1.165, 1.54) is 48.0 Å². The zero-order valence-corrected chi connectivity index (χ0v) is 23.0. The molecule has 0 aliphatic carbocycles. The van der Waals surface area contributed by atoms with Crippen molar-refractivity contribution in [2.75, 3.05) is 40.0 Å². The smallest absolute Gasteiger partial charge is 0.407 e. The normalized spacial score (nSPS) is 20.4. The number of aromatic nitrogens is 1. The van der Waals surface area contributed by atoms with E-state index in [4.69, 9.17) is 14.2 Å². The van der Waals surface area contributed by atoms with Crippen molar-refractivity contribution in [3.63, 3.8) is 0 Å². The molecule has 1 amide bonds. The minimum absolute atomic E-state index is 0.0185. The van der Waals surface area contributed by atoms with Crippen molar-refractivity contribution in [2.24, 2.45) is 0 Å². The fraction of sp³-hybridized carbons (Fsp3) is 0.500. The number of hydrogen-bond acceptors (Lipinski definition) is 10. The number of sulfonamides is 2. The van der Waals surface area contributed by atoms with E-state index in [2.05, 4.69) is 15.0 Å². The monoisotopic (exact) mass is 584 g/mol. The highest BCUT2D eigenvalue weighted by Crippen LogP contribution is 2.37. The lowest BCUT2D eigenvalue weighted by molar-refractivity contribution is -0.0312. The van der Waals surface area contributed by atoms with Crippen molar-refractivity contribution >= 4 is 26.1 Å². The highest BCUT2D eigenvalue weighted by atomic mass is 32.2. The summed E-state index contributed by atoms with van der Waals surface area (Å²) in [4.78, 5) is 16.3. The first-order chi connectivity index (χ1) is 18.5. The van der Waals surface area contributed by atoms with Gasteiger partial charge < -0.3 is 24.6 Å². The summed E-state index contributed by atoms with van der Waals surface area (Å²) in [6.45, 7) is 0.307. The summed E-state index contributed by atoms with van der Waals surface area (Å²) in [6, 6.07) is 8.57. The predicted molar refractivity (Wildman–Crippen MR) is 138 cm³/mol. The molecule has 1 unspecified atom stereocenters. The molecule has 3 heterocycles. The average Bonchev–Trinajstić information content (AvgIpc) is 3.32. The van der Waals surface area contributed by atoms with Crippen molar-refractivity contribution in [3.05, 3.63) is 48.8 Å². The zero-order valence-electron chi connectivity index (χ0n) is 21.4. The van der Waals surface area contributed by atoms with Crippen LogP contribution >= 0.6 is 0 Å². The molecule has 2 atom stereocenters. The van der Waals surface area contributed by atoms with Gasteiger partial charge >= 0.3 is 6.09 Å². The number of carbonyl (C=O) groups excluding carboxylic acids is 1. The lowest BCUT2D eigenvalue weighted by Crippen LogP contribution is -2.47. The Morgan fingerprint density at radius 2 is 1.92 bits per heavy atom. The van der Waals surface area contributed by atoms with Crippen molar-refractivity contribution in [1.29, 1.82) is 0 Å². The third-order valence-electron chi connectivity index (χ3n) is 6.67. The molecule has 2 aliphatic heterocycles. The van der Waals surface area contributed by atoms with Crippen LogP contribution < -0.4 is 14.8 Å². The molecule has 3 N–H and O–H groups in total. The van der Waals surface area contributed by atoms with Crippen molar-refractivity contribution in [2.45, 2.75) is 46.8 Å². The molecule has 4 rings (SSSR count). The number of hydrogen-bond donors (Lipinski definition) is 3. The Morgan fingerprint density at radius 3 is 2.62 bits per heavy atom. The van der Waals surface area contributed by atoms with Gasteiger partial charge in [-0.05, 0) is 50.6 Å². The van der Waals surface area contributed by atoms with Crippen LogP contribution in [0.15, 0.2) is 58.6 Å². The SMILES string of the molecule is CNS(=O)(=O)c1cccc(OCC(O)COC(=O)N[C@H]2COC3(CCN(S(=O)(=O)c4cccnc4)CC3)C2)c1. The van der Waals surface area contributed by atoms with Crippen LogP contribution in [0.2, 0.25) is 0 Å². The Morgan fingerprint density at radius 1 is 1.18 bits per heavy atom. The second kappa shape index (κ2) is 12.1. The van der Waals surface area contributed by atoms with E-state index < -0.39 is 37.8 Å². The molecule has 15 heteroatoms. The largest absolute Gasteiger partial charge is 0.491 e. The van der Waals surface area contributed by atoms with Crippen LogP contribution in [0.5, 0.6) is 5.75 Å². The molecule has 13 nitrogen and oxygen atoms in total. The molecule has 0 saturated carbocycles. The number of ether oxygens (including phenoxy) is 3. The van der Waals surface area contributed by atoms with Gasteiger partial charge in [-0.15, -0.1) is 0 Å². The van der Waals surface area contributed by atoms with Crippen LogP contribution in [0, 0.1) is 0 Å². The first-order valence-electron chi connectivity index (χ1n) is 12.3. The summed E-state index contributed by atoms with van der Waals surface area (Å²) in [5.41, 5.74) is -0.526. The van der Waals surface area contributed by atoms with E-state index in [0.29, 0.717) is 32.4 Å². The first kappa shape index (κ1) is 29.2. The second-order valence-electron chi connectivity index (χ2n) is 9.38. The van der Waals surface area contributed by atoms with Gasteiger partial charge in [0.15, 0.2) is 0 Å². The number of alkyl carbamates (subject to hydrolysis) is 1. The Bertz CT molecular complexity index is 1350. The summed E-state index contributed by atoms with van der Waals surface area (Å²) in [5, 5.41) is 12.8. The molecule has 2 aliphatic rings. The van der Waals surface area contributed by atoms with Crippen LogP contribution in [0.3, 0.4) is 0 Å². The number of nitrogens with zero attached hydrogens (tertiary/aromatic N) is 2. The van der Waals surface area contributed by atoms with E-state index in [-0.39, 0.29) is 41.4 Å². The molecule has 2 saturated heterocycles. The number of aliphatic hydroxyl groups is 1. The van der Waals surface area contributed by atoms with Crippen molar-refractivity contribution < 1.29 is 40.9 Å². The van der Waals surface area contributed by atoms with E-state index in [1.807, 2.05) is 0 Å². The lowest BCUT2D eigenvalue weighted by Gasteiger charge is -2.37. The molecular weight excluding hydrogens is 552 g/mol. The Kier molecular flexibility index (Phi) is 9.08. The van der Waals surface area contributed by atoms with Crippen molar-refractivity contribution in [1.82, 2.24) is 19.3 Å². The summed E-state index contributed by atoms with van der Waals surface area (Å²) < 4.78 is 69.6. The molecule has 2 fully saturated rings. The third-order valence-corrected chi connectivity index (χ3v) is 9.96. The van der Waals surface area contributed by atoms with Gasteiger partial charge in [-0.3, -0.25) is 4.98 Å². The van der Waals surface area contributed by atoms with Crippen LogP contribution in [0.4, 0.5) is 4.79 Å². The number of pyridine rings is 1. The van der Waals surface area contributed by atoms with Crippen LogP contribution in [0.25, 0.3) is 0 Å². The van der Waals surface area contributed by atoms with Gasteiger partial charge in [-0.2, -0.15) is 4.31 Å². The van der Waals surface area contributed by atoms with Crippen LogP contribution in [-0.4, -0.2) is 95.0 Å². The molecule has 1 aromatic heterocycles. The zero-order chi connectivity index (χ0) is 28.1. The maximum absolute atomic E-state index is 12.8. The average molecular weight is 585 g/mol. The second-order valence-corrected chi connectivity index (χ2v) is 13.2. The van der Waals surface area contributed by atoms with Gasteiger partial charge in [-0.1, -0.05) is 6.07 Å². The molecule has 1 spiro atoms. The fourth-order valence-corrected chi connectivity index (χ4v) is 6.71. The van der Waals surface area contributed by atoms with Gasteiger partial charge in [0.2, 0.25) is 20.0 Å². The molecule has 2 aromatic rings. The summed E-state index contributed by atoms with van der Waals surface area (Å²) >= 11 is 0. The van der Waals surface area contributed by atoms with Crippen LogP contribution in [-0.2, 0) is 29.5 Å². The summed E-state index contributed by atoms with van der Waals surface area (Å²) in [7, 11) is -5.96. The van der Waals surface area contributed by atoms with Crippen LogP contribution in [0.1, 0.15) is 19.3 Å².